The molecule has 0 fully saturated rings. The van der Waals surface area contributed by atoms with Gasteiger partial charge in [-0.1, -0.05) is 6.07 Å². The molecular formula is C12H15BrN2O4. The van der Waals surface area contributed by atoms with Crippen molar-refractivity contribution in [2.45, 2.75) is 26.4 Å². The molecule has 1 rings (SSSR count). The molecule has 0 saturated carbocycles. The number of nitro groups is 1. The van der Waals surface area contributed by atoms with Gasteiger partial charge in [-0.3, -0.25) is 19.8 Å². The van der Waals surface area contributed by atoms with Crippen molar-refractivity contribution in [3.05, 3.63) is 38.3 Å². The fourth-order valence-electron chi connectivity index (χ4n) is 1.63. The van der Waals surface area contributed by atoms with Crippen molar-refractivity contribution in [1.29, 1.82) is 0 Å². The van der Waals surface area contributed by atoms with Crippen LogP contribution in [0, 0.1) is 10.1 Å². The normalized spacial score (nSPS) is 11.0. The fourth-order valence-corrected chi connectivity index (χ4v) is 2.02. The quantitative estimate of drug-likeness (QED) is 0.640. The van der Waals surface area contributed by atoms with E-state index >= 15 is 0 Å². The highest BCUT2D eigenvalue weighted by atomic mass is 79.9. The van der Waals surface area contributed by atoms with Crippen molar-refractivity contribution in [2.24, 2.45) is 0 Å². The van der Waals surface area contributed by atoms with Gasteiger partial charge in [-0.15, -0.1) is 0 Å². The second kappa shape index (κ2) is 6.63. The second-order valence-electron chi connectivity index (χ2n) is 4.44. The summed E-state index contributed by atoms with van der Waals surface area (Å²) in [7, 11) is 0. The zero-order valence-corrected chi connectivity index (χ0v) is 12.3. The van der Waals surface area contributed by atoms with Crippen LogP contribution in [0.3, 0.4) is 0 Å². The summed E-state index contributed by atoms with van der Waals surface area (Å²) in [6, 6.07) is 4.85. The van der Waals surface area contributed by atoms with E-state index in [1.54, 1.807) is 17.0 Å². The third-order valence-corrected chi connectivity index (χ3v) is 3.33. The molecule has 0 saturated heterocycles. The molecule has 0 spiro atoms. The Kier molecular flexibility index (Phi) is 5.44. The van der Waals surface area contributed by atoms with Gasteiger partial charge in [-0.2, -0.15) is 0 Å². The molecule has 1 aromatic carbocycles. The van der Waals surface area contributed by atoms with E-state index in [0.29, 0.717) is 16.6 Å². The lowest BCUT2D eigenvalue weighted by molar-refractivity contribution is -0.385. The van der Waals surface area contributed by atoms with E-state index in [1.165, 1.54) is 6.07 Å². The zero-order valence-electron chi connectivity index (χ0n) is 10.7. The van der Waals surface area contributed by atoms with Gasteiger partial charge in [0.25, 0.3) is 5.69 Å². The van der Waals surface area contributed by atoms with E-state index < -0.39 is 10.9 Å². The molecule has 0 aliphatic heterocycles. The van der Waals surface area contributed by atoms with E-state index in [-0.39, 0.29) is 18.3 Å². The molecule has 0 heterocycles. The standard InChI is InChI=1S/C12H15BrN2O4/c1-8(2)14(7-12(16)17)6-9-3-4-10(13)11(5-9)15(18)19/h3-5,8H,6-7H2,1-2H3,(H,16,17). The summed E-state index contributed by atoms with van der Waals surface area (Å²) in [6.07, 6.45) is 0. The number of carbonyl (C=O) groups is 1. The number of rotatable bonds is 6. The highest BCUT2D eigenvalue weighted by Crippen LogP contribution is 2.26. The molecule has 1 aromatic rings. The Balaban J connectivity index is 2.93. The highest BCUT2D eigenvalue weighted by Gasteiger charge is 2.17. The fraction of sp³-hybridized carbons (Fsp3) is 0.417. The van der Waals surface area contributed by atoms with Crippen molar-refractivity contribution < 1.29 is 14.8 Å². The number of nitrogens with zero attached hydrogens (tertiary/aromatic N) is 2. The SMILES string of the molecule is CC(C)N(CC(=O)O)Cc1ccc(Br)c([N+](=O)[O-])c1. The number of hydrogen-bond acceptors (Lipinski definition) is 4. The smallest absolute Gasteiger partial charge is 0.317 e. The van der Waals surface area contributed by atoms with E-state index in [4.69, 9.17) is 5.11 Å². The van der Waals surface area contributed by atoms with Crippen LogP contribution in [0.1, 0.15) is 19.4 Å². The zero-order chi connectivity index (χ0) is 14.6. The van der Waals surface area contributed by atoms with Crippen LogP contribution >= 0.6 is 15.9 Å². The minimum atomic E-state index is -0.916. The highest BCUT2D eigenvalue weighted by molar-refractivity contribution is 9.10. The molecule has 19 heavy (non-hydrogen) atoms. The van der Waals surface area contributed by atoms with Crippen LogP contribution in [0.4, 0.5) is 5.69 Å². The van der Waals surface area contributed by atoms with Crippen LogP contribution < -0.4 is 0 Å². The molecule has 0 atom stereocenters. The Morgan fingerprint density at radius 2 is 2.16 bits per heavy atom. The van der Waals surface area contributed by atoms with Crippen LogP contribution in [0.5, 0.6) is 0 Å². The third kappa shape index (κ3) is 4.60. The summed E-state index contributed by atoms with van der Waals surface area (Å²) in [5.74, 6) is -0.916. The molecule has 0 bridgehead atoms. The topological polar surface area (TPSA) is 83.7 Å². The van der Waals surface area contributed by atoms with Gasteiger partial charge in [0.1, 0.15) is 0 Å². The predicted octanol–water partition coefficient (Wildman–Crippen LogP) is 2.65. The molecule has 0 radical (unpaired) electrons. The van der Waals surface area contributed by atoms with Crippen LogP contribution in [0.2, 0.25) is 0 Å². The van der Waals surface area contributed by atoms with Crippen molar-refractivity contribution in [3.63, 3.8) is 0 Å². The molecule has 0 aliphatic rings. The Bertz CT molecular complexity index is 491. The molecule has 0 aliphatic carbocycles. The first-order valence-corrected chi connectivity index (χ1v) is 6.49. The average Bonchev–Trinajstić information content (AvgIpc) is 2.29. The van der Waals surface area contributed by atoms with E-state index in [0.717, 1.165) is 0 Å². The number of hydrogen-bond donors (Lipinski definition) is 1. The monoisotopic (exact) mass is 330 g/mol. The number of halogens is 1. The first-order valence-electron chi connectivity index (χ1n) is 5.70. The summed E-state index contributed by atoms with van der Waals surface area (Å²) in [5, 5.41) is 19.7. The molecule has 0 unspecified atom stereocenters. The van der Waals surface area contributed by atoms with Gasteiger partial charge in [-0.25, -0.2) is 0 Å². The summed E-state index contributed by atoms with van der Waals surface area (Å²) in [5.41, 5.74) is 0.696. The number of aliphatic carboxylic acids is 1. The molecule has 0 aromatic heterocycles. The van der Waals surface area contributed by atoms with Gasteiger partial charge >= 0.3 is 5.97 Å². The second-order valence-corrected chi connectivity index (χ2v) is 5.29. The maximum atomic E-state index is 10.8. The predicted molar refractivity (Wildman–Crippen MR) is 74.0 cm³/mol. The molecule has 1 N–H and O–H groups in total. The Morgan fingerprint density at radius 3 is 2.63 bits per heavy atom. The lowest BCUT2D eigenvalue weighted by Gasteiger charge is -2.24. The number of benzene rings is 1. The van der Waals surface area contributed by atoms with E-state index in [2.05, 4.69) is 15.9 Å². The lowest BCUT2D eigenvalue weighted by Crippen LogP contribution is -2.35. The van der Waals surface area contributed by atoms with Gasteiger partial charge in [-0.05, 0) is 41.4 Å². The van der Waals surface area contributed by atoms with Crippen LogP contribution in [0.25, 0.3) is 0 Å². The number of carboxylic acid groups (broad SMARTS) is 1. The Labute approximate surface area is 119 Å². The summed E-state index contributed by atoms with van der Waals surface area (Å²) in [6.45, 7) is 4.03. The van der Waals surface area contributed by atoms with Gasteiger partial charge < -0.3 is 5.11 Å². The molecular weight excluding hydrogens is 316 g/mol. The van der Waals surface area contributed by atoms with Gasteiger partial charge in [0.15, 0.2) is 0 Å². The lowest BCUT2D eigenvalue weighted by atomic mass is 10.1. The molecule has 7 heteroatoms. The molecule has 6 nitrogen and oxygen atoms in total. The van der Waals surface area contributed by atoms with Crippen LogP contribution in [0.15, 0.2) is 22.7 Å². The van der Waals surface area contributed by atoms with E-state index in [9.17, 15) is 14.9 Å². The largest absolute Gasteiger partial charge is 0.480 e. The maximum Gasteiger partial charge on any atom is 0.317 e. The maximum absolute atomic E-state index is 10.8. The van der Waals surface area contributed by atoms with Crippen molar-refractivity contribution in [3.8, 4) is 0 Å². The summed E-state index contributed by atoms with van der Waals surface area (Å²) >= 11 is 3.12. The van der Waals surface area contributed by atoms with Crippen LogP contribution in [-0.2, 0) is 11.3 Å². The third-order valence-electron chi connectivity index (χ3n) is 2.66. The van der Waals surface area contributed by atoms with Crippen molar-refractivity contribution >= 4 is 27.6 Å². The van der Waals surface area contributed by atoms with Gasteiger partial charge in [0, 0.05) is 18.7 Å². The van der Waals surface area contributed by atoms with E-state index in [1.807, 2.05) is 13.8 Å². The molecule has 104 valence electrons. The average molecular weight is 331 g/mol. The van der Waals surface area contributed by atoms with Crippen LogP contribution in [-0.4, -0.2) is 33.5 Å². The number of nitro benzene ring substituents is 1. The summed E-state index contributed by atoms with van der Waals surface area (Å²) in [4.78, 5) is 22.9. The number of carboxylic acids is 1. The summed E-state index contributed by atoms with van der Waals surface area (Å²) < 4.78 is 0.413. The first-order chi connectivity index (χ1) is 8.81. The van der Waals surface area contributed by atoms with Gasteiger partial charge in [0.05, 0.1) is 15.9 Å². The molecule has 0 amide bonds. The van der Waals surface area contributed by atoms with Crippen molar-refractivity contribution in [1.82, 2.24) is 4.90 Å². The van der Waals surface area contributed by atoms with Crippen molar-refractivity contribution in [2.75, 3.05) is 6.54 Å². The first kappa shape index (κ1) is 15.6. The Morgan fingerprint density at radius 1 is 1.53 bits per heavy atom. The minimum absolute atomic E-state index is 0.0171. The Hall–Kier alpha value is -1.47. The minimum Gasteiger partial charge on any atom is -0.480 e. The van der Waals surface area contributed by atoms with Gasteiger partial charge in [0.2, 0.25) is 0 Å².